The Morgan fingerprint density at radius 1 is 1.13 bits per heavy atom. The molecule has 2 aliphatic rings. The van der Waals surface area contributed by atoms with Crippen LogP contribution in [0.3, 0.4) is 0 Å². The summed E-state index contributed by atoms with van der Waals surface area (Å²) in [5, 5.41) is 3.73. The average Bonchev–Trinajstić information content (AvgIpc) is 3.15. The molecular formula is C23H16BClF5N3O5. The molecule has 1 atom stereocenters. The van der Waals surface area contributed by atoms with Gasteiger partial charge in [-0.05, 0) is 41.8 Å². The number of rotatable bonds is 6. The van der Waals surface area contributed by atoms with Crippen LogP contribution in [0.2, 0.25) is 5.02 Å². The Hall–Kier alpha value is -3.68. The Labute approximate surface area is 217 Å². The maximum atomic E-state index is 14.8. The predicted octanol–water partition coefficient (Wildman–Crippen LogP) is 2.90. The van der Waals surface area contributed by atoms with Crippen LogP contribution in [0.1, 0.15) is 39.9 Å². The maximum Gasteiger partial charge on any atom is 0.573 e. The van der Waals surface area contributed by atoms with Crippen molar-refractivity contribution in [3.8, 4) is 5.75 Å². The number of alkyl halides is 5. The summed E-state index contributed by atoms with van der Waals surface area (Å²) >= 11 is 5.59. The zero-order valence-corrected chi connectivity index (χ0v) is 19.9. The van der Waals surface area contributed by atoms with Gasteiger partial charge in [-0.3, -0.25) is 24.5 Å². The highest BCUT2D eigenvalue weighted by molar-refractivity contribution is 6.32. The van der Waals surface area contributed by atoms with E-state index in [-0.39, 0.29) is 35.5 Å². The summed E-state index contributed by atoms with van der Waals surface area (Å²) < 4.78 is 71.3. The second kappa shape index (κ2) is 9.57. The third-order valence-electron chi connectivity index (χ3n) is 6.08. The molecule has 38 heavy (non-hydrogen) atoms. The van der Waals surface area contributed by atoms with Crippen molar-refractivity contribution in [1.29, 1.82) is 0 Å². The number of ether oxygens (including phenoxy) is 1. The molecule has 15 heteroatoms. The van der Waals surface area contributed by atoms with E-state index >= 15 is 0 Å². The van der Waals surface area contributed by atoms with Crippen LogP contribution in [0.25, 0.3) is 0 Å². The Kier molecular flexibility index (Phi) is 6.89. The first-order valence-corrected chi connectivity index (χ1v) is 11.3. The Morgan fingerprint density at radius 3 is 2.50 bits per heavy atom. The second-order valence-electron chi connectivity index (χ2n) is 8.63. The number of halogens is 6. The van der Waals surface area contributed by atoms with Crippen molar-refractivity contribution in [1.82, 2.24) is 15.5 Å². The SMILES string of the molecule is [B][C@@]1(N2Cc3cc(CNC(=O)C(F)(F)c4ccc(Cl)cc4OC(F)(F)F)ccc3C2=O)CCC(=O)NC1=O. The molecule has 4 amide bonds. The summed E-state index contributed by atoms with van der Waals surface area (Å²) in [5.74, 6) is -9.59. The molecule has 1 fully saturated rings. The molecule has 1 saturated heterocycles. The molecule has 4 rings (SSSR count). The van der Waals surface area contributed by atoms with Crippen molar-refractivity contribution in [2.24, 2.45) is 0 Å². The van der Waals surface area contributed by atoms with Gasteiger partial charge in [-0.25, -0.2) is 0 Å². The van der Waals surface area contributed by atoms with E-state index in [4.69, 9.17) is 19.4 Å². The molecular weight excluding hydrogens is 540 g/mol. The lowest BCUT2D eigenvalue weighted by molar-refractivity contribution is -0.275. The van der Waals surface area contributed by atoms with Crippen molar-refractivity contribution in [3.63, 3.8) is 0 Å². The van der Waals surface area contributed by atoms with Crippen LogP contribution in [0.15, 0.2) is 36.4 Å². The number of amides is 4. The van der Waals surface area contributed by atoms with E-state index in [2.05, 4.69) is 10.1 Å². The third kappa shape index (κ3) is 5.17. The molecule has 2 N–H and O–H groups in total. The lowest BCUT2D eigenvalue weighted by Gasteiger charge is -2.40. The molecule has 0 bridgehead atoms. The number of carbonyl (C=O) groups excluding carboxylic acids is 4. The molecule has 0 spiro atoms. The minimum atomic E-state index is -5.31. The number of nitrogens with zero attached hydrogens (tertiary/aromatic N) is 1. The van der Waals surface area contributed by atoms with Crippen LogP contribution in [-0.2, 0) is 33.4 Å². The van der Waals surface area contributed by atoms with E-state index in [1.54, 1.807) is 0 Å². The molecule has 0 saturated carbocycles. The van der Waals surface area contributed by atoms with Crippen molar-refractivity contribution >= 4 is 43.1 Å². The van der Waals surface area contributed by atoms with E-state index in [9.17, 15) is 41.1 Å². The number of hydrogen-bond acceptors (Lipinski definition) is 5. The monoisotopic (exact) mass is 555 g/mol. The number of nitrogens with one attached hydrogen (secondary N) is 2. The third-order valence-corrected chi connectivity index (χ3v) is 6.32. The minimum absolute atomic E-state index is 0.0722. The first-order chi connectivity index (χ1) is 17.6. The normalized spacial score (nSPS) is 19.7. The van der Waals surface area contributed by atoms with Gasteiger partial charge in [0, 0.05) is 30.1 Å². The minimum Gasteiger partial charge on any atom is -0.405 e. The number of imide groups is 1. The molecule has 2 aromatic carbocycles. The summed E-state index contributed by atoms with van der Waals surface area (Å²) in [6, 6.07) is 6.12. The van der Waals surface area contributed by atoms with Crippen LogP contribution >= 0.6 is 11.6 Å². The van der Waals surface area contributed by atoms with Crippen LogP contribution in [-0.4, -0.2) is 48.2 Å². The van der Waals surface area contributed by atoms with Crippen LogP contribution < -0.4 is 15.4 Å². The lowest BCUT2D eigenvalue weighted by Crippen LogP contribution is -2.63. The van der Waals surface area contributed by atoms with Gasteiger partial charge in [0.2, 0.25) is 11.8 Å². The van der Waals surface area contributed by atoms with Crippen LogP contribution in [0.5, 0.6) is 5.75 Å². The summed E-state index contributed by atoms with van der Waals surface area (Å²) in [5.41, 5.74) is -2.25. The standard InChI is InChI=1S/C23H16BClF5N3O5/c24-21(6-5-17(34)32-19(21)36)33-10-12-7-11(1-3-14(12)18(33)35)9-31-20(37)22(26,27)15-4-2-13(25)8-16(15)38-23(28,29)30/h1-4,7-8H,5-6,9-10H2,(H,31,37)(H,32,34,36)/t21-/m1/s1. The highest BCUT2D eigenvalue weighted by Gasteiger charge is 2.48. The zero-order valence-electron chi connectivity index (χ0n) is 19.1. The van der Waals surface area contributed by atoms with Gasteiger partial charge in [-0.15, -0.1) is 13.2 Å². The van der Waals surface area contributed by atoms with Crippen molar-refractivity contribution in [3.05, 3.63) is 63.7 Å². The fourth-order valence-electron chi connectivity index (χ4n) is 4.16. The first kappa shape index (κ1) is 27.4. The number of piperidine rings is 1. The molecule has 0 unspecified atom stereocenters. The first-order valence-electron chi connectivity index (χ1n) is 10.9. The Bertz CT molecular complexity index is 1360. The van der Waals surface area contributed by atoms with Gasteiger partial charge in [-0.2, -0.15) is 8.78 Å². The molecule has 2 heterocycles. The fourth-order valence-corrected chi connectivity index (χ4v) is 4.32. The van der Waals surface area contributed by atoms with Gasteiger partial charge in [0.15, 0.2) is 0 Å². The van der Waals surface area contributed by atoms with E-state index in [1.165, 1.54) is 18.2 Å². The fraction of sp³-hybridized carbons (Fsp3) is 0.304. The quantitative estimate of drug-likeness (QED) is 0.324. The second-order valence-corrected chi connectivity index (χ2v) is 9.07. The lowest BCUT2D eigenvalue weighted by atomic mass is 9.70. The van der Waals surface area contributed by atoms with E-state index in [1.807, 2.05) is 5.32 Å². The summed E-state index contributed by atoms with van der Waals surface area (Å²) in [6.07, 6.45) is -5.48. The Balaban J connectivity index is 1.49. The zero-order chi connectivity index (χ0) is 28.0. The van der Waals surface area contributed by atoms with Crippen molar-refractivity contribution in [2.45, 2.75) is 43.7 Å². The van der Waals surface area contributed by atoms with Gasteiger partial charge in [0.05, 0.1) is 11.0 Å². The average molecular weight is 556 g/mol. The number of benzene rings is 2. The summed E-state index contributed by atoms with van der Waals surface area (Å²) in [4.78, 5) is 50.1. The van der Waals surface area contributed by atoms with Gasteiger partial charge in [0.25, 0.3) is 11.8 Å². The molecule has 0 aliphatic carbocycles. The highest BCUT2D eigenvalue weighted by Crippen LogP contribution is 2.39. The molecule has 0 aromatic heterocycles. The van der Waals surface area contributed by atoms with Crippen LogP contribution in [0, 0.1) is 0 Å². The smallest absolute Gasteiger partial charge is 0.405 e. The Morgan fingerprint density at radius 2 is 1.84 bits per heavy atom. The topological polar surface area (TPSA) is 105 Å². The van der Waals surface area contributed by atoms with Crippen molar-refractivity contribution < 1.29 is 45.9 Å². The van der Waals surface area contributed by atoms with Gasteiger partial charge >= 0.3 is 12.3 Å². The van der Waals surface area contributed by atoms with Gasteiger partial charge < -0.3 is 15.0 Å². The van der Waals surface area contributed by atoms with Crippen LogP contribution in [0.4, 0.5) is 22.0 Å². The molecule has 8 nitrogen and oxygen atoms in total. The maximum absolute atomic E-state index is 14.8. The molecule has 2 aromatic rings. The number of carbonyl (C=O) groups is 4. The largest absolute Gasteiger partial charge is 0.573 e. The van der Waals surface area contributed by atoms with E-state index in [0.29, 0.717) is 17.7 Å². The predicted molar refractivity (Wildman–Crippen MR) is 121 cm³/mol. The number of hydrogen-bond donors (Lipinski definition) is 2. The number of fused-ring (bicyclic) bond motifs is 1. The van der Waals surface area contributed by atoms with Crippen molar-refractivity contribution in [2.75, 3.05) is 0 Å². The van der Waals surface area contributed by atoms with Gasteiger partial charge in [0.1, 0.15) is 13.6 Å². The van der Waals surface area contributed by atoms with E-state index in [0.717, 1.165) is 11.0 Å². The highest BCUT2D eigenvalue weighted by atomic mass is 35.5. The van der Waals surface area contributed by atoms with E-state index < -0.39 is 59.2 Å². The molecule has 2 radical (unpaired) electrons. The summed E-state index contributed by atoms with van der Waals surface area (Å²) in [6.45, 7) is -0.588. The molecule has 198 valence electrons. The summed E-state index contributed by atoms with van der Waals surface area (Å²) in [7, 11) is 6.15. The van der Waals surface area contributed by atoms with Gasteiger partial charge in [-0.1, -0.05) is 23.7 Å². The molecule has 2 aliphatic heterocycles.